The van der Waals surface area contributed by atoms with Gasteiger partial charge in [0.1, 0.15) is 0 Å². The fourth-order valence-electron chi connectivity index (χ4n) is 1.45. The van der Waals surface area contributed by atoms with Crippen molar-refractivity contribution in [1.82, 2.24) is 15.0 Å². The Balaban J connectivity index is 2.28. The van der Waals surface area contributed by atoms with E-state index in [0.717, 1.165) is 5.69 Å². The van der Waals surface area contributed by atoms with Crippen LogP contribution in [-0.4, -0.2) is 29.0 Å². The number of nitrogens with zero attached hydrogens (tertiary/aromatic N) is 4. The Morgan fingerprint density at radius 2 is 1.63 bits per heavy atom. The number of aromatic nitrogens is 3. The van der Waals surface area contributed by atoms with Gasteiger partial charge < -0.3 is 10.2 Å². The quantitative estimate of drug-likeness (QED) is 0.562. The Hall–Kier alpha value is -2.41. The lowest BCUT2D eigenvalue weighted by Crippen LogP contribution is -2.18. The predicted molar refractivity (Wildman–Crippen MR) is 76.4 cm³/mol. The molecule has 0 saturated heterocycles. The molecule has 0 atom stereocenters. The summed E-state index contributed by atoms with van der Waals surface area (Å²) in [5.74, 6) is 6.63. The molecular formula is C12H17N7. The van der Waals surface area contributed by atoms with Crippen LogP contribution in [0.15, 0.2) is 24.3 Å². The van der Waals surface area contributed by atoms with Crippen molar-refractivity contribution in [3.63, 3.8) is 0 Å². The van der Waals surface area contributed by atoms with Gasteiger partial charge in [0.25, 0.3) is 0 Å². The number of hydrogen-bond donors (Lipinski definition) is 3. The Morgan fingerprint density at radius 3 is 2.21 bits per heavy atom. The molecule has 0 amide bonds. The van der Waals surface area contributed by atoms with Gasteiger partial charge in [-0.15, -0.1) is 0 Å². The second kappa shape index (κ2) is 5.49. The third-order valence-electron chi connectivity index (χ3n) is 2.46. The first-order chi connectivity index (χ1) is 9.08. The van der Waals surface area contributed by atoms with Gasteiger partial charge in [-0.05, 0) is 19.1 Å². The molecular weight excluding hydrogens is 242 g/mol. The summed E-state index contributed by atoms with van der Waals surface area (Å²) in [4.78, 5) is 14.4. The second-order valence-corrected chi connectivity index (χ2v) is 4.31. The van der Waals surface area contributed by atoms with Crippen molar-refractivity contribution in [3.05, 3.63) is 29.8 Å². The van der Waals surface area contributed by atoms with Gasteiger partial charge in [-0.1, -0.05) is 17.7 Å². The van der Waals surface area contributed by atoms with E-state index >= 15 is 0 Å². The van der Waals surface area contributed by atoms with Crippen molar-refractivity contribution in [2.24, 2.45) is 5.84 Å². The summed E-state index contributed by atoms with van der Waals surface area (Å²) >= 11 is 0. The Kier molecular flexibility index (Phi) is 3.76. The van der Waals surface area contributed by atoms with Crippen molar-refractivity contribution in [1.29, 1.82) is 0 Å². The summed E-state index contributed by atoms with van der Waals surface area (Å²) < 4.78 is 0. The normalized spacial score (nSPS) is 10.1. The highest BCUT2D eigenvalue weighted by molar-refractivity contribution is 5.56. The first-order valence-electron chi connectivity index (χ1n) is 5.82. The van der Waals surface area contributed by atoms with Gasteiger partial charge in [0.15, 0.2) is 0 Å². The van der Waals surface area contributed by atoms with E-state index in [1.54, 1.807) is 4.90 Å². The molecule has 0 saturated carbocycles. The first kappa shape index (κ1) is 13.0. The lowest BCUT2D eigenvalue weighted by atomic mass is 10.2. The van der Waals surface area contributed by atoms with Gasteiger partial charge >= 0.3 is 0 Å². The summed E-state index contributed by atoms with van der Waals surface area (Å²) in [7, 11) is 3.70. The first-order valence-corrected chi connectivity index (χ1v) is 5.82. The van der Waals surface area contributed by atoms with Crippen LogP contribution in [0.2, 0.25) is 0 Å². The van der Waals surface area contributed by atoms with Crippen molar-refractivity contribution >= 4 is 23.5 Å². The topological polar surface area (TPSA) is 92.0 Å². The van der Waals surface area contributed by atoms with E-state index in [0.29, 0.717) is 17.8 Å². The highest BCUT2D eigenvalue weighted by Gasteiger charge is 2.07. The molecule has 0 aliphatic rings. The minimum absolute atomic E-state index is 0.313. The smallest absolute Gasteiger partial charge is 0.243 e. The number of benzene rings is 1. The van der Waals surface area contributed by atoms with Crippen LogP contribution in [0.25, 0.3) is 0 Å². The minimum Gasteiger partial charge on any atom is -0.347 e. The van der Waals surface area contributed by atoms with Gasteiger partial charge in [0, 0.05) is 19.8 Å². The van der Waals surface area contributed by atoms with Crippen molar-refractivity contribution in [2.75, 3.05) is 29.7 Å². The molecule has 1 aromatic carbocycles. The Bertz CT molecular complexity index is 551. The molecule has 2 aromatic rings. The van der Waals surface area contributed by atoms with E-state index in [1.807, 2.05) is 45.3 Å². The number of nitrogens with one attached hydrogen (secondary N) is 2. The maximum Gasteiger partial charge on any atom is 0.243 e. The molecule has 1 heterocycles. The molecule has 100 valence electrons. The fraction of sp³-hybridized carbons (Fsp3) is 0.250. The predicted octanol–water partition coefficient (Wildman–Crippen LogP) is 1.28. The molecule has 0 radical (unpaired) electrons. The van der Waals surface area contributed by atoms with Crippen LogP contribution in [0.1, 0.15) is 5.56 Å². The third-order valence-corrected chi connectivity index (χ3v) is 2.46. The molecule has 1 aromatic heterocycles. The molecule has 0 aliphatic heterocycles. The largest absolute Gasteiger partial charge is 0.347 e. The van der Waals surface area contributed by atoms with Crippen LogP contribution >= 0.6 is 0 Å². The van der Waals surface area contributed by atoms with E-state index in [-0.39, 0.29) is 0 Å². The van der Waals surface area contributed by atoms with E-state index in [9.17, 15) is 0 Å². The lowest BCUT2D eigenvalue weighted by molar-refractivity contribution is 0.957. The summed E-state index contributed by atoms with van der Waals surface area (Å²) in [5.41, 5.74) is 4.53. The average molecular weight is 259 g/mol. The maximum absolute atomic E-state index is 5.35. The van der Waals surface area contributed by atoms with Crippen LogP contribution in [0, 0.1) is 6.92 Å². The number of nitrogen functional groups attached to an aromatic ring is 1. The monoisotopic (exact) mass is 259 g/mol. The van der Waals surface area contributed by atoms with Crippen LogP contribution < -0.4 is 21.5 Å². The standard InChI is InChI=1S/C12H17N7/c1-8-4-6-9(7-5-8)14-10-15-11(18-13)17-12(16-10)19(2)3/h4-7H,13H2,1-3H3,(H2,14,15,16,17,18). The minimum atomic E-state index is 0.313. The number of anilines is 4. The Morgan fingerprint density at radius 1 is 1.00 bits per heavy atom. The maximum atomic E-state index is 5.35. The highest BCUT2D eigenvalue weighted by atomic mass is 15.4. The molecule has 0 spiro atoms. The zero-order chi connectivity index (χ0) is 13.8. The molecule has 2 rings (SSSR count). The van der Waals surface area contributed by atoms with Crippen molar-refractivity contribution in [2.45, 2.75) is 6.92 Å². The zero-order valence-electron chi connectivity index (χ0n) is 11.2. The number of hydrazine groups is 1. The summed E-state index contributed by atoms with van der Waals surface area (Å²) in [6.07, 6.45) is 0. The molecule has 0 aliphatic carbocycles. The highest BCUT2D eigenvalue weighted by Crippen LogP contribution is 2.16. The van der Waals surface area contributed by atoms with Crippen LogP contribution in [0.3, 0.4) is 0 Å². The SMILES string of the molecule is Cc1ccc(Nc2nc(NN)nc(N(C)C)n2)cc1. The second-order valence-electron chi connectivity index (χ2n) is 4.31. The summed E-state index contributed by atoms with van der Waals surface area (Å²) in [6.45, 7) is 2.04. The Labute approximate surface area is 111 Å². The molecule has 0 unspecified atom stereocenters. The van der Waals surface area contributed by atoms with Gasteiger partial charge in [0.05, 0.1) is 0 Å². The number of rotatable bonds is 4. The van der Waals surface area contributed by atoms with Gasteiger partial charge in [0.2, 0.25) is 17.8 Å². The molecule has 19 heavy (non-hydrogen) atoms. The lowest BCUT2D eigenvalue weighted by Gasteiger charge is -2.13. The molecule has 0 fully saturated rings. The molecule has 4 N–H and O–H groups in total. The van der Waals surface area contributed by atoms with E-state index in [4.69, 9.17) is 5.84 Å². The van der Waals surface area contributed by atoms with Crippen molar-refractivity contribution in [3.8, 4) is 0 Å². The van der Waals surface area contributed by atoms with Crippen LogP contribution in [0.5, 0.6) is 0 Å². The molecule has 7 nitrogen and oxygen atoms in total. The van der Waals surface area contributed by atoms with Crippen molar-refractivity contribution < 1.29 is 0 Å². The number of aryl methyl sites for hydroxylation is 1. The van der Waals surface area contributed by atoms with E-state index in [1.165, 1.54) is 5.56 Å². The fourth-order valence-corrected chi connectivity index (χ4v) is 1.45. The summed E-state index contributed by atoms with van der Waals surface area (Å²) in [5, 5.41) is 3.12. The number of nitrogens with two attached hydrogens (primary N) is 1. The van der Waals surface area contributed by atoms with E-state index in [2.05, 4.69) is 25.7 Å². The third kappa shape index (κ3) is 3.29. The molecule has 7 heteroatoms. The van der Waals surface area contributed by atoms with Gasteiger partial charge in [-0.2, -0.15) is 15.0 Å². The molecule has 0 bridgehead atoms. The van der Waals surface area contributed by atoms with Crippen LogP contribution in [0.4, 0.5) is 23.5 Å². The number of hydrogen-bond acceptors (Lipinski definition) is 7. The average Bonchev–Trinajstić information content (AvgIpc) is 2.41. The zero-order valence-corrected chi connectivity index (χ0v) is 11.2. The van der Waals surface area contributed by atoms with Crippen LogP contribution in [-0.2, 0) is 0 Å². The van der Waals surface area contributed by atoms with Gasteiger partial charge in [-0.25, -0.2) is 5.84 Å². The van der Waals surface area contributed by atoms with E-state index < -0.39 is 0 Å². The summed E-state index contributed by atoms with van der Waals surface area (Å²) in [6, 6.07) is 7.95. The van der Waals surface area contributed by atoms with Gasteiger partial charge in [-0.3, -0.25) is 5.43 Å².